The first-order chi connectivity index (χ1) is 4.31. The first-order valence-electron chi connectivity index (χ1n) is 2.83. The summed E-state index contributed by atoms with van der Waals surface area (Å²) in [6.07, 6.45) is 2.02. The van der Waals surface area contributed by atoms with Crippen molar-refractivity contribution in [1.82, 2.24) is 0 Å². The molecule has 0 rings (SSSR count). The summed E-state index contributed by atoms with van der Waals surface area (Å²) in [6, 6.07) is 0. The summed E-state index contributed by atoms with van der Waals surface area (Å²) < 4.78 is 4.63. The molecule has 0 spiro atoms. The molecule has 0 fully saturated rings. The fraction of sp³-hybridized carbons (Fsp3) is 0.429. The van der Waals surface area contributed by atoms with Gasteiger partial charge in [-0.05, 0) is 6.42 Å². The Kier molecular flexibility index (Phi) is 4.56. The van der Waals surface area contributed by atoms with Crippen LogP contribution >= 0.6 is 0 Å². The molecule has 50 valence electrons. The van der Waals surface area contributed by atoms with E-state index in [0.29, 0.717) is 6.61 Å². The number of hydrogen-bond acceptors (Lipinski definition) is 2. The van der Waals surface area contributed by atoms with Gasteiger partial charge in [0, 0.05) is 0 Å². The highest BCUT2D eigenvalue weighted by molar-refractivity contribution is 5.81. The van der Waals surface area contributed by atoms with Crippen molar-refractivity contribution >= 4 is 5.97 Å². The Bertz CT molecular complexity index is 132. The minimum Gasteiger partial charge on any atom is -0.462 e. The highest BCUT2D eigenvalue weighted by atomic mass is 16.5. The van der Waals surface area contributed by atoms with Crippen LogP contribution in [-0.4, -0.2) is 12.6 Å². The van der Waals surface area contributed by atoms with Crippen LogP contribution in [0.3, 0.4) is 0 Å². The molecule has 0 bridgehead atoms. The fourth-order valence-corrected chi connectivity index (χ4v) is 0.328. The van der Waals surface area contributed by atoms with E-state index in [-0.39, 0.29) is 5.97 Å². The average Bonchev–Trinajstić information content (AvgIpc) is 1.85. The van der Waals surface area contributed by atoms with Crippen LogP contribution in [0.1, 0.15) is 13.3 Å². The summed E-state index contributed by atoms with van der Waals surface area (Å²) >= 11 is 0. The van der Waals surface area contributed by atoms with E-state index in [1.165, 1.54) is 6.08 Å². The first kappa shape index (κ1) is 7.99. The summed E-state index contributed by atoms with van der Waals surface area (Å²) in [4.78, 5) is 10.4. The van der Waals surface area contributed by atoms with Gasteiger partial charge < -0.3 is 4.74 Å². The minimum atomic E-state index is -0.369. The van der Waals surface area contributed by atoms with Gasteiger partial charge in [-0.1, -0.05) is 13.5 Å². The molecule has 0 aromatic heterocycles. The monoisotopic (exact) mass is 126 g/mol. The Hall–Kier alpha value is -1.01. The van der Waals surface area contributed by atoms with Gasteiger partial charge in [0.2, 0.25) is 0 Å². The summed E-state index contributed by atoms with van der Waals surface area (Å²) in [7, 11) is 0. The summed E-state index contributed by atoms with van der Waals surface area (Å²) in [6.45, 7) is 5.63. The molecular weight excluding hydrogens is 116 g/mol. The largest absolute Gasteiger partial charge is 0.462 e. The normalized spacial score (nSPS) is 7.67. The number of esters is 1. The van der Waals surface area contributed by atoms with Crippen LogP contribution in [0.25, 0.3) is 0 Å². The molecule has 2 heteroatoms. The predicted molar refractivity (Wildman–Crippen MR) is 35.0 cm³/mol. The summed E-state index contributed by atoms with van der Waals surface area (Å²) in [5, 5.41) is 0. The molecule has 9 heavy (non-hydrogen) atoms. The molecule has 0 N–H and O–H groups in total. The lowest BCUT2D eigenvalue weighted by molar-refractivity contribution is -0.137. The standard InChI is InChI=1S/C7H10O2/c1-3-5-7(8)9-6-4-2/h5H,1,4,6H2,2H3. The maximum Gasteiger partial charge on any atom is 0.338 e. The van der Waals surface area contributed by atoms with Gasteiger partial charge in [0.05, 0.1) is 12.7 Å². The van der Waals surface area contributed by atoms with Gasteiger partial charge in [-0.15, -0.1) is 5.73 Å². The molecule has 0 heterocycles. The number of rotatable bonds is 3. The van der Waals surface area contributed by atoms with Crippen molar-refractivity contribution in [2.75, 3.05) is 6.61 Å². The average molecular weight is 126 g/mol. The van der Waals surface area contributed by atoms with Crippen LogP contribution < -0.4 is 0 Å². The van der Waals surface area contributed by atoms with Gasteiger partial charge in [0.1, 0.15) is 0 Å². The van der Waals surface area contributed by atoms with Crippen LogP contribution in [0.4, 0.5) is 0 Å². The van der Waals surface area contributed by atoms with Gasteiger partial charge in [0.15, 0.2) is 0 Å². The maximum absolute atomic E-state index is 10.4. The molecule has 0 amide bonds. The minimum absolute atomic E-state index is 0.369. The summed E-state index contributed by atoms with van der Waals surface area (Å²) in [5.74, 6) is -0.369. The van der Waals surface area contributed by atoms with E-state index in [4.69, 9.17) is 0 Å². The first-order valence-corrected chi connectivity index (χ1v) is 2.83. The molecule has 0 aliphatic heterocycles. The van der Waals surface area contributed by atoms with Crippen LogP contribution in [0.5, 0.6) is 0 Å². The van der Waals surface area contributed by atoms with E-state index in [1.807, 2.05) is 6.92 Å². The zero-order valence-corrected chi connectivity index (χ0v) is 5.52. The van der Waals surface area contributed by atoms with Crippen molar-refractivity contribution in [2.24, 2.45) is 0 Å². The molecule has 0 radical (unpaired) electrons. The van der Waals surface area contributed by atoms with Crippen LogP contribution in [0.15, 0.2) is 18.4 Å². The van der Waals surface area contributed by atoms with Crippen molar-refractivity contribution in [3.8, 4) is 0 Å². The molecule has 0 aliphatic carbocycles. The van der Waals surface area contributed by atoms with Crippen LogP contribution in [0.2, 0.25) is 0 Å². The highest BCUT2D eigenvalue weighted by Gasteiger charge is 1.91. The Balaban J connectivity index is 3.39. The molecule has 0 aromatic carbocycles. The predicted octanol–water partition coefficient (Wildman–Crippen LogP) is 1.28. The van der Waals surface area contributed by atoms with Gasteiger partial charge in [-0.25, -0.2) is 4.79 Å². The zero-order valence-electron chi connectivity index (χ0n) is 5.52. The van der Waals surface area contributed by atoms with Gasteiger partial charge in [-0.2, -0.15) is 0 Å². The molecule has 0 saturated carbocycles. The van der Waals surface area contributed by atoms with Crippen molar-refractivity contribution in [2.45, 2.75) is 13.3 Å². The van der Waals surface area contributed by atoms with Gasteiger partial charge >= 0.3 is 5.97 Å². The third-order valence-electron chi connectivity index (χ3n) is 0.668. The Morgan fingerprint density at radius 3 is 3.00 bits per heavy atom. The van der Waals surface area contributed by atoms with Crippen LogP contribution in [-0.2, 0) is 9.53 Å². The smallest absolute Gasteiger partial charge is 0.338 e. The Morgan fingerprint density at radius 2 is 2.56 bits per heavy atom. The molecule has 0 atom stereocenters. The van der Waals surface area contributed by atoms with E-state index in [0.717, 1.165) is 6.42 Å². The topological polar surface area (TPSA) is 26.3 Å². The molecular formula is C7H10O2. The quantitative estimate of drug-likeness (QED) is 0.323. The number of hydrogen-bond donors (Lipinski definition) is 0. The second kappa shape index (κ2) is 5.13. The lowest BCUT2D eigenvalue weighted by atomic mass is 10.5. The highest BCUT2D eigenvalue weighted by Crippen LogP contribution is 1.81. The molecule has 0 aromatic rings. The molecule has 0 saturated heterocycles. The summed E-state index contributed by atoms with van der Waals surface area (Å²) in [5.41, 5.74) is 2.33. The lowest BCUT2D eigenvalue weighted by Crippen LogP contribution is -1.99. The van der Waals surface area contributed by atoms with Gasteiger partial charge in [0.25, 0.3) is 0 Å². The number of carbonyl (C=O) groups excluding carboxylic acids is 1. The SMILES string of the molecule is C=C=CC(=O)OCCC. The van der Waals surface area contributed by atoms with Crippen molar-refractivity contribution in [3.05, 3.63) is 18.4 Å². The number of carbonyl (C=O) groups is 1. The van der Waals surface area contributed by atoms with E-state index >= 15 is 0 Å². The van der Waals surface area contributed by atoms with E-state index in [9.17, 15) is 4.79 Å². The van der Waals surface area contributed by atoms with Crippen molar-refractivity contribution < 1.29 is 9.53 Å². The van der Waals surface area contributed by atoms with Crippen molar-refractivity contribution in [3.63, 3.8) is 0 Å². The lowest BCUT2D eigenvalue weighted by Gasteiger charge is -1.94. The zero-order chi connectivity index (χ0) is 7.11. The third kappa shape index (κ3) is 4.85. The maximum atomic E-state index is 10.4. The molecule has 2 nitrogen and oxygen atoms in total. The van der Waals surface area contributed by atoms with Gasteiger partial charge in [-0.3, -0.25) is 0 Å². The van der Waals surface area contributed by atoms with Crippen LogP contribution in [0, 0.1) is 0 Å². The van der Waals surface area contributed by atoms with E-state index in [1.54, 1.807) is 0 Å². The second-order valence-corrected chi connectivity index (χ2v) is 1.52. The Morgan fingerprint density at radius 1 is 1.89 bits per heavy atom. The third-order valence-corrected chi connectivity index (χ3v) is 0.668. The Labute approximate surface area is 54.8 Å². The van der Waals surface area contributed by atoms with E-state index in [2.05, 4.69) is 17.0 Å². The van der Waals surface area contributed by atoms with E-state index < -0.39 is 0 Å². The molecule has 0 unspecified atom stereocenters. The molecule has 0 aliphatic rings. The fourth-order valence-electron chi connectivity index (χ4n) is 0.328. The second-order valence-electron chi connectivity index (χ2n) is 1.52. The van der Waals surface area contributed by atoms with Crippen molar-refractivity contribution in [1.29, 1.82) is 0 Å². The number of ether oxygens (including phenoxy) is 1.